The van der Waals surface area contributed by atoms with E-state index < -0.39 is 34.9 Å². The second-order valence-corrected chi connectivity index (χ2v) is 16.1. The van der Waals surface area contributed by atoms with Crippen molar-refractivity contribution in [2.45, 2.75) is 59.0 Å². The predicted molar refractivity (Wildman–Crippen MR) is 205 cm³/mol. The van der Waals surface area contributed by atoms with Gasteiger partial charge in [-0.25, -0.2) is 8.78 Å². The highest BCUT2D eigenvalue weighted by atomic mass is 32.2. The second kappa shape index (κ2) is 18.6. The van der Waals surface area contributed by atoms with Crippen LogP contribution in [0, 0.1) is 23.0 Å². The van der Waals surface area contributed by atoms with Crippen molar-refractivity contribution in [3.8, 4) is 11.1 Å². The van der Waals surface area contributed by atoms with Crippen LogP contribution in [0.1, 0.15) is 63.8 Å². The summed E-state index contributed by atoms with van der Waals surface area (Å²) in [6, 6.07) is 14.8. The number of thioether (sulfide) groups is 1. The first kappa shape index (κ1) is 40.6. The Morgan fingerprint density at radius 3 is 2.44 bits per heavy atom. The molecule has 288 valence electrons. The summed E-state index contributed by atoms with van der Waals surface area (Å²) in [5.41, 5.74) is 2.08. The van der Waals surface area contributed by atoms with Crippen molar-refractivity contribution in [1.82, 2.24) is 25.0 Å². The van der Waals surface area contributed by atoms with Crippen LogP contribution < -0.4 is 10.6 Å². The highest BCUT2D eigenvalue weighted by Gasteiger charge is 2.38. The first-order valence-electron chi connectivity index (χ1n) is 18.4. The zero-order valence-corrected chi connectivity index (χ0v) is 31.9. The zero-order chi connectivity index (χ0) is 38.8. The SMILES string of the molecule is CC(C)(C)[C@H](c1cc(-c2cc(F)ccc2F)cn1Cc1ccccc1)N(CC1CCNC1)C(=O)CSCCC(=O)NCCCC(=O)CN1C(=O)C=CC1=O. The molecule has 3 aromatic rings. The number of rotatable bonds is 18. The zero-order valence-electron chi connectivity index (χ0n) is 31.1. The Balaban J connectivity index is 1.26. The molecule has 4 amide bonds. The lowest BCUT2D eigenvalue weighted by atomic mass is 9.82. The van der Waals surface area contributed by atoms with E-state index in [9.17, 15) is 28.4 Å². The number of nitrogens with zero attached hydrogens (tertiary/aromatic N) is 3. The molecule has 1 saturated heterocycles. The van der Waals surface area contributed by atoms with Crippen molar-refractivity contribution >= 4 is 41.2 Å². The molecule has 2 aromatic carbocycles. The lowest BCUT2D eigenvalue weighted by Gasteiger charge is -2.42. The third kappa shape index (κ3) is 11.0. The van der Waals surface area contributed by atoms with Crippen molar-refractivity contribution in [3.63, 3.8) is 0 Å². The Kier molecular flexibility index (Phi) is 14.0. The molecular weight excluding hydrogens is 713 g/mol. The minimum absolute atomic E-state index is 0.0677. The topological polar surface area (TPSA) is 121 Å². The minimum atomic E-state index is -0.536. The van der Waals surface area contributed by atoms with E-state index in [4.69, 9.17) is 0 Å². The maximum absolute atomic E-state index is 15.1. The average Bonchev–Trinajstić information content (AvgIpc) is 3.87. The van der Waals surface area contributed by atoms with Crippen LogP contribution in [0.4, 0.5) is 8.78 Å². The molecule has 2 atom stereocenters. The number of carbonyl (C=O) groups excluding carboxylic acids is 5. The summed E-state index contributed by atoms with van der Waals surface area (Å²) < 4.78 is 31.6. The number of ketones is 1. The Hall–Kier alpha value is -4.62. The van der Waals surface area contributed by atoms with Crippen molar-refractivity contribution in [2.24, 2.45) is 11.3 Å². The molecule has 2 aliphatic heterocycles. The number of carbonyl (C=O) groups is 5. The number of halogens is 2. The molecule has 0 radical (unpaired) electrons. The van der Waals surface area contributed by atoms with Crippen LogP contribution >= 0.6 is 11.8 Å². The Morgan fingerprint density at radius 2 is 1.76 bits per heavy atom. The Labute approximate surface area is 319 Å². The van der Waals surface area contributed by atoms with Gasteiger partial charge in [-0.05, 0) is 67.1 Å². The van der Waals surface area contributed by atoms with Gasteiger partial charge in [-0.2, -0.15) is 11.8 Å². The van der Waals surface area contributed by atoms with Gasteiger partial charge in [-0.15, -0.1) is 0 Å². The van der Waals surface area contributed by atoms with Gasteiger partial charge in [-0.3, -0.25) is 28.9 Å². The van der Waals surface area contributed by atoms with E-state index in [2.05, 4.69) is 31.4 Å². The third-order valence-electron chi connectivity index (χ3n) is 9.60. The van der Waals surface area contributed by atoms with Gasteiger partial charge >= 0.3 is 0 Å². The quantitative estimate of drug-likeness (QED) is 0.129. The highest BCUT2D eigenvalue weighted by molar-refractivity contribution is 7.99. The monoisotopic (exact) mass is 761 g/mol. The van der Waals surface area contributed by atoms with E-state index in [1.807, 2.05) is 52.1 Å². The summed E-state index contributed by atoms with van der Waals surface area (Å²) in [5.74, 6) is -1.80. The van der Waals surface area contributed by atoms with Gasteiger partial charge in [-0.1, -0.05) is 51.1 Å². The van der Waals surface area contributed by atoms with Crippen LogP contribution in [0.5, 0.6) is 0 Å². The molecule has 2 aliphatic rings. The van der Waals surface area contributed by atoms with Crippen molar-refractivity contribution in [3.05, 3.63) is 95.8 Å². The van der Waals surface area contributed by atoms with E-state index >= 15 is 4.39 Å². The first-order chi connectivity index (χ1) is 25.8. The largest absolute Gasteiger partial charge is 0.356 e. The number of imide groups is 1. The lowest BCUT2D eigenvalue weighted by molar-refractivity contribution is -0.140. The van der Waals surface area contributed by atoms with Gasteiger partial charge in [0, 0.05) is 73.4 Å². The molecule has 0 bridgehead atoms. The lowest BCUT2D eigenvalue weighted by Crippen LogP contribution is -2.45. The molecule has 1 unspecified atom stereocenters. The van der Waals surface area contributed by atoms with E-state index in [0.717, 1.165) is 60.0 Å². The normalized spacial score (nSPS) is 16.2. The minimum Gasteiger partial charge on any atom is -0.356 e. The van der Waals surface area contributed by atoms with Crippen LogP contribution in [-0.4, -0.2) is 88.0 Å². The maximum Gasteiger partial charge on any atom is 0.254 e. The fourth-order valence-corrected chi connectivity index (χ4v) is 7.78. The van der Waals surface area contributed by atoms with Gasteiger partial charge in [0.05, 0.1) is 18.3 Å². The molecule has 2 N–H and O–H groups in total. The number of hydrogen-bond donors (Lipinski definition) is 2. The molecule has 5 rings (SSSR count). The number of Topliss-reactive ketones (excluding diaryl/α,β-unsaturated/α-hetero) is 1. The van der Waals surface area contributed by atoms with Crippen LogP contribution in [-0.2, 0) is 30.5 Å². The van der Waals surface area contributed by atoms with Gasteiger partial charge in [0.15, 0.2) is 5.78 Å². The smallest absolute Gasteiger partial charge is 0.254 e. The van der Waals surface area contributed by atoms with Crippen LogP contribution in [0.25, 0.3) is 11.1 Å². The number of nitrogens with one attached hydrogen (secondary N) is 2. The number of amides is 4. The van der Waals surface area contributed by atoms with Crippen molar-refractivity contribution < 1.29 is 32.8 Å². The molecule has 1 fully saturated rings. The van der Waals surface area contributed by atoms with Crippen LogP contribution in [0.15, 0.2) is 72.9 Å². The molecule has 3 heterocycles. The standard InChI is InChI=1S/C41H49F2N5O5S/c1-41(2,3)40(35-20-30(33-21-31(42)11-12-34(33)43)25-46(35)23-28-8-5-4-6-9-28)48(24-29-15-18-44-22-29)39(53)27-54-19-16-36(50)45-17-7-10-32(49)26-47-37(51)13-14-38(47)52/h4-6,8-9,11-14,20-21,25,29,40,44H,7,10,15-19,22-24,26-27H2,1-3H3,(H,45,50)/t29?,40-/m0/s1. The summed E-state index contributed by atoms with van der Waals surface area (Å²) >= 11 is 1.38. The summed E-state index contributed by atoms with van der Waals surface area (Å²) in [7, 11) is 0. The average molecular weight is 762 g/mol. The summed E-state index contributed by atoms with van der Waals surface area (Å²) in [6.45, 7) is 8.89. The molecule has 0 saturated carbocycles. The van der Waals surface area contributed by atoms with Gasteiger partial charge in [0.2, 0.25) is 11.8 Å². The second-order valence-electron chi connectivity index (χ2n) is 15.0. The van der Waals surface area contributed by atoms with Crippen LogP contribution in [0.3, 0.4) is 0 Å². The highest BCUT2D eigenvalue weighted by Crippen LogP contribution is 2.42. The molecular formula is C41H49F2N5O5S. The fraction of sp³-hybridized carbons (Fsp3) is 0.439. The Morgan fingerprint density at radius 1 is 1.02 bits per heavy atom. The van der Waals surface area contributed by atoms with Gasteiger partial charge < -0.3 is 20.1 Å². The van der Waals surface area contributed by atoms with Gasteiger partial charge in [0.25, 0.3) is 11.8 Å². The van der Waals surface area contributed by atoms with E-state index in [1.54, 1.807) is 0 Å². The molecule has 0 aliphatic carbocycles. The molecule has 54 heavy (non-hydrogen) atoms. The molecule has 13 heteroatoms. The fourth-order valence-electron chi connectivity index (χ4n) is 6.96. The summed E-state index contributed by atoms with van der Waals surface area (Å²) in [4.78, 5) is 65.3. The Bertz CT molecular complexity index is 1830. The number of aromatic nitrogens is 1. The van der Waals surface area contributed by atoms with Crippen molar-refractivity contribution in [2.75, 3.05) is 44.2 Å². The molecule has 10 nitrogen and oxygen atoms in total. The van der Waals surface area contributed by atoms with Crippen LogP contribution in [0.2, 0.25) is 0 Å². The van der Waals surface area contributed by atoms with E-state index in [0.29, 0.717) is 30.8 Å². The summed E-state index contributed by atoms with van der Waals surface area (Å²) in [6.07, 6.45) is 5.72. The maximum atomic E-state index is 15.1. The predicted octanol–water partition coefficient (Wildman–Crippen LogP) is 5.52. The number of benzene rings is 2. The molecule has 1 aromatic heterocycles. The molecule has 0 spiro atoms. The first-order valence-corrected chi connectivity index (χ1v) is 19.5. The van der Waals surface area contributed by atoms with E-state index in [1.165, 1.54) is 17.8 Å². The summed E-state index contributed by atoms with van der Waals surface area (Å²) in [5, 5.41) is 6.20. The van der Waals surface area contributed by atoms with Gasteiger partial charge in [0.1, 0.15) is 11.6 Å². The van der Waals surface area contributed by atoms with E-state index in [-0.39, 0.29) is 60.8 Å². The number of hydrogen-bond acceptors (Lipinski definition) is 7. The third-order valence-corrected chi connectivity index (χ3v) is 10.5. The van der Waals surface area contributed by atoms with Crippen molar-refractivity contribution in [1.29, 1.82) is 0 Å².